The quantitative estimate of drug-likeness (QED) is 0.318. The van der Waals surface area contributed by atoms with Crippen molar-refractivity contribution in [2.24, 2.45) is 0 Å². The molecule has 2 aliphatic heterocycles. The van der Waals surface area contributed by atoms with Crippen molar-refractivity contribution in [3.8, 4) is 0 Å². The molecule has 2 saturated heterocycles. The van der Waals surface area contributed by atoms with Crippen LogP contribution in [-0.4, -0.2) is 79.8 Å². The van der Waals surface area contributed by atoms with Crippen LogP contribution in [0.4, 0.5) is 5.69 Å². The Balaban J connectivity index is 1.47. The number of carbonyl (C=O) groups is 2. The second-order valence-corrected chi connectivity index (χ2v) is 13.5. The number of hydrogen-bond donors (Lipinski definition) is 3. The number of nitrogens with one attached hydrogen (secondary N) is 2. The average molecular weight is 610 g/mol. The minimum atomic E-state index is -3.70. The molecule has 3 heterocycles. The molecule has 5 rings (SSSR count). The first kappa shape index (κ1) is 30.7. The summed E-state index contributed by atoms with van der Waals surface area (Å²) >= 11 is 0. The summed E-state index contributed by atoms with van der Waals surface area (Å²) in [4.78, 5) is 33.8. The summed E-state index contributed by atoms with van der Waals surface area (Å²) in [5.41, 5.74) is 2.13. The van der Waals surface area contributed by atoms with Crippen LogP contribution < -0.4 is 14.9 Å². The Morgan fingerprint density at radius 3 is 2.56 bits per heavy atom. The molecule has 2 aliphatic rings. The number of rotatable bonds is 10. The number of carbonyl (C=O) groups excluding carboxylic acids is 2. The zero-order valence-corrected chi connectivity index (χ0v) is 25.5. The summed E-state index contributed by atoms with van der Waals surface area (Å²) in [5.74, 6) is -0.423. The third-order valence-electron chi connectivity index (χ3n) is 8.26. The zero-order valence-electron chi connectivity index (χ0n) is 24.7. The van der Waals surface area contributed by atoms with E-state index < -0.39 is 28.1 Å². The van der Waals surface area contributed by atoms with Crippen LogP contribution in [0, 0.1) is 6.92 Å². The molecule has 0 bridgehead atoms. The lowest BCUT2D eigenvalue weighted by molar-refractivity contribution is 0.0715. The molecule has 230 valence electrons. The number of sulfonamides is 1. The van der Waals surface area contributed by atoms with Crippen molar-refractivity contribution in [2.45, 2.75) is 63.3 Å². The standard InChI is InChI=1S/C31H39N5O6S/c1-20-19-42-30(33-20)27-12-8-14-36(27)31(39)23-16-22(17-24(18-23)35(2)43(3,40)41)29(38)34-26(15-21-9-5-4-6-10-21)28(37)25-11-7-13-32-25/h4-6,9-10,16-19,25-28,32,37H,7-8,11-15H2,1-3H3,(H,34,38). The van der Waals surface area contributed by atoms with E-state index in [4.69, 9.17) is 4.42 Å². The van der Waals surface area contributed by atoms with Gasteiger partial charge in [-0.2, -0.15) is 0 Å². The number of amides is 2. The summed E-state index contributed by atoms with van der Waals surface area (Å²) < 4.78 is 31.6. The molecular weight excluding hydrogens is 570 g/mol. The predicted octanol–water partition coefficient (Wildman–Crippen LogP) is 2.81. The van der Waals surface area contributed by atoms with Gasteiger partial charge in [-0.3, -0.25) is 13.9 Å². The summed E-state index contributed by atoms with van der Waals surface area (Å²) in [6, 6.07) is 12.8. The van der Waals surface area contributed by atoms with Gasteiger partial charge in [0.2, 0.25) is 15.9 Å². The maximum absolute atomic E-state index is 13.9. The van der Waals surface area contributed by atoms with Gasteiger partial charge in [0.25, 0.3) is 11.8 Å². The molecule has 3 aromatic rings. The normalized spacial score (nSPS) is 20.1. The van der Waals surface area contributed by atoms with Gasteiger partial charge in [0, 0.05) is 30.8 Å². The summed E-state index contributed by atoms with van der Waals surface area (Å²) in [5, 5.41) is 17.6. The van der Waals surface area contributed by atoms with Crippen molar-refractivity contribution in [3.63, 3.8) is 0 Å². The minimum absolute atomic E-state index is 0.115. The molecule has 0 saturated carbocycles. The average Bonchev–Trinajstić information content (AvgIpc) is 3.78. The first-order valence-electron chi connectivity index (χ1n) is 14.6. The molecule has 0 radical (unpaired) electrons. The lowest BCUT2D eigenvalue weighted by Gasteiger charge is -2.29. The van der Waals surface area contributed by atoms with Gasteiger partial charge in [-0.1, -0.05) is 30.3 Å². The van der Waals surface area contributed by atoms with E-state index in [9.17, 15) is 23.1 Å². The molecule has 2 aromatic carbocycles. The highest BCUT2D eigenvalue weighted by atomic mass is 32.2. The smallest absolute Gasteiger partial charge is 0.254 e. The lowest BCUT2D eigenvalue weighted by atomic mass is 9.95. The summed E-state index contributed by atoms with van der Waals surface area (Å²) in [6.07, 6.45) is 5.29. The number of aliphatic hydroxyl groups is 1. The van der Waals surface area contributed by atoms with Crippen molar-refractivity contribution in [3.05, 3.63) is 83.1 Å². The van der Waals surface area contributed by atoms with Crippen LogP contribution in [0.2, 0.25) is 0 Å². The third-order valence-corrected chi connectivity index (χ3v) is 9.47. The number of hydrogen-bond acceptors (Lipinski definition) is 8. The van der Waals surface area contributed by atoms with E-state index in [0.717, 1.165) is 41.9 Å². The fourth-order valence-corrected chi connectivity index (χ4v) is 6.35. The first-order chi connectivity index (χ1) is 20.5. The second kappa shape index (κ2) is 12.9. The lowest BCUT2D eigenvalue weighted by Crippen LogP contribution is -2.52. The Morgan fingerprint density at radius 2 is 1.91 bits per heavy atom. The van der Waals surface area contributed by atoms with Gasteiger partial charge in [0.05, 0.1) is 29.8 Å². The van der Waals surface area contributed by atoms with E-state index in [2.05, 4.69) is 15.6 Å². The third kappa shape index (κ3) is 7.09. The SMILES string of the molecule is Cc1coc(C2CCCN2C(=O)c2cc(C(=O)NC(Cc3ccccc3)C(O)C3CCCN3)cc(N(C)S(C)(=O)=O)c2)n1. The minimum Gasteiger partial charge on any atom is -0.446 e. The van der Waals surface area contributed by atoms with Crippen LogP contribution in [0.1, 0.15) is 69.6 Å². The van der Waals surface area contributed by atoms with Crippen molar-refractivity contribution in [1.82, 2.24) is 20.5 Å². The number of anilines is 1. The van der Waals surface area contributed by atoms with Crippen molar-refractivity contribution in [2.75, 3.05) is 30.7 Å². The Hall–Kier alpha value is -3.74. The highest BCUT2D eigenvalue weighted by Crippen LogP contribution is 2.33. The Kier molecular flexibility index (Phi) is 9.19. The van der Waals surface area contributed by atoms with Gasteiger partial charge in [-0.05, 0) is 69.3 Å². The highest BCUT2D eigenvalue weighted by Gasteiger charge is 2.35. The zero-order chi connectivity index (χ0) is 30.7. The fourth-order valence-electron chi connectivity index (χ4n) is 5.86. The Morgan fingerprint density at radius 1 is 1.16 bits per heavy atom. The predicted molar refractivity (Wildman–Crippen MR) is 162 cm³/mol. The van der Waals surface area contributed by atoms with Gasteiger partial charge in [0.15, 0.2) is 0 Å². The largest absolute Gasteiger partial charge is 0.446 e. The maximum atomic E-state index is 13.9. The van der Waals surface area contributed by atoms with Gasteiger partial charge in [-0.25, -0.2) is 13.4 Å². The monoisotopic (exact) mass is 609 g/mol. The number of aliphatic hydroxyl groups excluding tert-OH is 1. The van der Waals surface area contributed by atoms with E-state index in [1.807, 2.05) is 37.3 Å². The van der Waals surface area contributed by atoms with Crippen LogP contribution in [0.3, 0.4) is 0 Å². The summed E-state index contributed by atoms with van der Waals surface area (Å²) in [7, 11) is -2.32. The molecule has 2 fully saturated rings. The number of benzene rings is 2. The molecule has 2 amide bonds. The summed E-state index contributed by atoms with van der Waals surface area (Å²) in [6.45, 7) is 3.08. The van der Waals surface area contributed by atoms with E-state index >= 15 is 0 Å². The molecule has 43 heavy (non-hydrogen) atoms. The Bertz CT molecular complexity index is 1550. The number of aryl methyl sites for hydroxylation is 1. The molecule has 0 spiro atoms. The van der Waals surface area contributed by atoms with Gasteiger partial charge in [-0.15, -0.1) is 0 Å². The van der Waals surface area contributed by atoms with Gasteiger partial charge >= 0.3 is 0 Å². The Labute approximate surface area is 252 Å². The molecule has 1 aromatic heterocycles. The molecule has 11 nitrogen and oxygen atoms in total. The van der Waals surface area contributed by atoms with Crippen LogP contribution >= 0.6 is 0 Å². The fraction of sp³-hybridized carbons (Fsp3) is 0.452. The first-order valence-corrected chi connectivity index (χ1v) is 16.4. The number of nitrogens with zero attached hydrogens (tertiary/aromatic N) is 3. The van der Waals surface area contributed by atoms with E-state index in [1.165, 1.54) is 25.2 Å². The van der Waals surface area contributed by atoms with E-state index in [1.54, 1.807) is 11.2 Å². The van der Waals surface area contributed by atoms with Gasteiger partial charge in [0.1, 0.15) is 12.3 Å². The maximum Gasteiger partial charge on any atom is 0.254 e. The molecule has 3 N–H and O–H groups in total. The molecular formula is C31H39N5O6S. The van der Waals surface area contributed by atoms with Crippen LogP contribution in [0.25, 0.3) is 0 Å². The van der Waals surface area contributed by atoms with Crippen molar-refractivity contribution >= 4 is 27.5 Å². The van der Waals surface area contributed by atoms with Crippen LogP contribution in [-0.2, 0) is 16.4 Å². The highest BCUT2D eigenvalue weighted by molar-refractivity contribution is 7.92. The van der Waals surface area contributed by atoms with Gasteiger partial charge < -0.3 is 25.1 Å². The van der Waals surface area contributed by atoms with Crippen LogP contribution in [0.15, 0.2) is 59.2 Å². The number of aromatic nitrogens is 1. The van der Waals surface area contributed by atoms with Crippen molar-refractivity contribution < 1.29 is 27.5 Å². The van der Waals surface area contributed by atoms with E-state index in [-0.39, 0.29) is 34.8 Å². The van der Waals surface area contributed by atoms with E-state index in [0.29, 0.717) is 31.0 Å². The second-order valence-electron chi connectivity index (χ2n) is 11.4. The molecule has 4 atom stereocenters. The molecule has 12 heteroatoms. The molecule has 4 unspecified atom stereocenters. The molecule has 0 aliphatic carbocycles. The van der Waals surface area contributed by atoms with Crippen molar-refractivity contribution in [1.29, 1.82) is 0 Å². The number of likely N-dealkylation sites (tertiary alicyclic amines) is 1. The van der Waals surface area contributed by atoms with Crippen LogP contribution in [0.5, 0.6) is 0 Å². The topological polar surface area (TPSA) is 145 Å². The number of oxazole rings is 1.